The van der Waals surface area contributed by atoms with Crippen molar-refractivity contribution in [1.29, 1.82) is 0 Å². The molecule has 0 fully saturated rings. The maximum atomic E-state index is 12.6. The number of hydrogen-bond donors (Lipinski definition) is 2. The standard InChI is InChI=1S/C8H10F2N2/c1-5(12-11)6-2-3-7(9)8(10)4-6/h2-5,12H,11H2,1H3/t5-/m0/s1. The predicted octanol–water partition coefficient (Wildman–Crippen LogP) is 1.49. The van der Waals surface area contributed by atoms with Gasteiger partial charge in [-0.3, -0.25) is 11.3 Å². The largest absolute Gasteiger partial charge is 0.271 e. The summed E-state index contributed by atoms with van der Waals surface area (Å²) >= 11 is 0. The van der Waals surface area contributed by atoms with Crippen LogP contribution in [0.1, 0.15) is 18.5 Å². The topological polar surface area (TPSA) is 38.0 Å². The lowest BCUT2D eigenvalue weighted by atomic mass is 10.1. The molecule has 0 radical (unpaired) electrons. The normalized spacial score (nSPS) is 13.0. The summed E-state index contributed by atoms with van der Waals surface area (Å²) in [6.45, 7) is 1.76. The van der Waals surface area contributed by atoms with Crippen molar-refractivity contribution >= 4 is 0 Å². The summed E-state index contributed by atoms with van der Waals surface area (Å²) in [5, 5.41) is 0. The molecule has 0 amide bonds. The third-order valence-electron chi connectivity index (χ3n) is 1.69. The van der Waals surface area contributed by atoms with E-state index < -0.39 is 11.6 Å². The molecule has 0 aliphatic rings. The van der Waals surface area contributed by atoms with Crippen molar-refractivity contribution < 1.29 is 8.78 Å². The molecule has 4 heteroatoms. The molecule has 0 bridgehead atoms. The van der Waals surface area contributed by atoms with E-state index in [1.165, 1.54) is 6.07 Å². The smallest absolute Gasteiger partial charge is 0.159 e. The van der Waals surface area contributed by atoms with Crippen LogP contribution in [0.2, 0.25) is 0 Å². The van der Waals surface area contributed by atoms with Gasteiger partial charge in [-0.2, -0.15) is 0 Å². The lowest BCUT2D eigenvalue weighted by Crippen LogP contribution is -2.25. The highest BCUT2D eigenvalue weighted by Gasteiger charge is 2.06. The minimum absolute atomic E-state index is 0.180. The zero-order valence-electron chi connectivity index (χ0n) is 6.64. The van der Waals surface area contributed by atoms with E-state index in [-0.39, 0.29) is 6.04 Å². The van der Waals surface area contributed by atoms with Crippen LogP contribution in [-0.4, -0.2) is 0 Å². The molecule has 1 atom stereocenters. The van der Waals surface area contributed by atoms with Gasteiger partial charge in [0, 0.05) is 6.04 Å². The fraction of sp³-hybridized carbons (Fsp3) is 0.250. The van der Waals surface area contributed by atoms with E-state index in [9.17, 15) is 8.78 Å². The Bertz CT molecular complexity index is 276. The monoisotopic (exact) mass is 172 g/mol. The Balaban J connectivity index is 2.96. The van der Waals surface area contributed by atoms with Gasteiger partial charge in [-0.1, -0.05) is 6.07 Å². The Kier molecular flexibility index (Phi) is 2.73. The summed E-state index contributed by atoms with van der Waals surface area (Å²) in [4.78, 5) is 0. The van der Waals surface area contributed by atoms with Crippen LogP contribution in [0.3, 0.4) is 0 Å². The molecule has 0 spiro atoms. The van der Waals surface area contributed by atoms with Crippen LogP contribution in [0.25, 0.3) is 0 Å². The van der Waals surface area contributed by atoms with Crippen LogP contribution in [0, 0.1) is 11.6 Å². The molecule has 1 aromatic rings. The molecule has 1 rings (SSSR count). The SMILES string of the molecule is C[C@H](NN)c1ccc(F)c(F)c1. The van der Waals surface area contributed by atoms with E-state index in [0.29, 0.717) is 5.56 Å². The molecular formula is C8H10F2N2. The lowest BCUT2D eigenvalue weighted by molar-refractivity contribution is 0.502. The van der Waals surface area contributed by atoms with Crippen molar-refractivity contribution in [3.05, 3.63) is 35.4 Å². The van der Waals surface area contributed by atoms with E-state index in [0.717, 1.165) is 12.1 Å². The fourth-order valence-corrected chi connectivity index (χ4v) is 0.878. The van der Waals surface area contributed by atoms with Gasteiger partial charge in [-0.15, -0.1) is 0 Å². The van der Waals surface area contributed by atoms with Gasteiger partial charge < -0.3 is 0 Å². The minimum Gasteiger partial charge on any atom is -0.271 e. The Hall–Kier alpha value is -1.00. The molecule has 0 saturated carbocycles. The van der Waals surface area contributed by atoms with Crippen molar-refractivity contribution in [3.63, 3.8) is 0 Å². The van der Waals surface area contributed by atoms with Crippen LogP contribution in [0.4, 0.5) is 8.78 Å². The van der Waals surface area contributed by atoms with Crippen LogP contribution in [0.5, 0.6) is 0 Å². The number of hydrogen-bond acceptors (Lipinski definition) is 2. The molecule has 1 aromatic carbocycles. The number of hydrazine groups is 1. The minimum atomic E-state index is -0.852. The molecule has 66 valence electrons. The summed E-state index contributed by atoms with van der Waals surface area (Å²) in [5.41, 5.74) is 3.06. The average Bonchev–Trinajstić information content (AvgIpc) is 2.08. The number of rotatable bonds is 2. The second-order valence-electron chi connectivity index (χ2n) is 2.56. The van der Waals surface area contributed by atoms with Gasteiger partial charge >= 0.3 is 0 Å². The van der Waals surface area contributed by atoms with Gasteiger partial charge in [-0.05, 0) is 24.6 Å². The number of nitrogens with one attached hydrogen (secondary N) is 1. The average molecular weight is 172 g/mol. The fourth-order valence-electron chi connectivity index (χ4n) is 0.878. The van der Waals surface area contributed by atoms with E-state index in [1.54, 1.807) is 6.92 Å². The highest BCUT2D eigenvalue weighted by Crippen LogP contribution is 2.14. The summed E-state index contributed by atoms with van der Waals surface area (Å²) in [6, 6.07) is 3.52. The second-order valence-corrected chi connectivity index (χ2v) is 2.56. The van der Waals surface area contributed by atoms with Gasteiger partial charge in [0.1, 0.15) is 0 Å². The van der Waals surface area contributed by atoms with Gasteiger partial charge in [0.2, 0.25) is 0 Å². The number of halogens is 2. The maximum Gasteiger partial charge on any atom is 0.159 e. The molecular weight excluding hydrogens is 162 g/mol. The van der Waals surface area contributed by atoms with E-state index in [1.807, 2.05) is 0 Å². The zero-order chi connectivity index (χ0) is 9.14. The Morgan fingerprint density at radius 3 is 2.50 bits per heavy atom. The zero-order valence-corrected chi connectivity index (χ0v) is 6.64. The van der Waals surface area contributed by atoms with Crippen LogP contribution >= 0.6 is 0 Å². The van der Waals surface area contributed by atoms with Gasteiger partial charge in [0.25, 0.3) is 0 Å². The molecule has 12 heavy (non-hydrogen) atoms. The van der Waals surface area contributed by atoms with Crippen molar-refractivity contribution in [2.45, 2.75) is 13.0 Å². The van der Waals surface area contributed by atoms with Gasteiger partial charge in [-0.25, -0.2) is 8.78 Å². The Morgan fingerprint density at radius 2 is 2.00 bits per heavy atom. The highest BCUT2D eigenvalue weighted by atomic mass is 19.2. The quantitative estimate of drug-likeness (QED) is 0.524. The predicted molar refractivity (Wildman–Crippen MR) is 42.1 cm³/mol. The first-order valence-electron chi connectivity index (χ1n) is 3.56. The first kappa shape index (κ1) is 9.09. The molecule has 0 heterocycles. The first-order valence-corrected chi connectivity index (χ1v) is 3.56. The van der Waals surface area contributed by atoms with Crippen molar-refractivity contribution in [1.82, 2.24) is 5.43 Å². The van der Waals surface area contributed by atoms with Crippen LogP contribution < -0.4 is 11.3 Å². The Labute approximate surface area is 69.4 Å². The second kappa shape index (κ2) is 3.60. The molecule has 3 N–H and O–H groups in total. The summed E-state index contributed by atoms with van der Waals surface area (Å²) < 4.78 is 25.1. The van der Waals surface area contributed by atoms with Gasteiger partial charge in [0.05, 0.1) is 0 Å². The third kappa shape index (κ3) is 1.78. The third-order valence-corrected chi connectivity index (χ3v) is 1.69. The molecule has 0 aliphatic carbocycles. The molecule has 0 aromatic heterocycles. The van der Waals surface area contributed by atoms with Crippen LogP contribution in [-0.2, 0) is 0 Å². The van der Waals surface area contributed by atoms with E-state index >= 15 is 0 Å². The molecule has 2 nitrogen and oxygen atoms in total. The van der Waals surface area contributed by atoms with Crippen molar-refractivity contribution in [3.8, 4) is 0 Å². The maximum absolute atomic E-state index is 12.6. The van der Waals surface area contributed by atoms with Crippen LogP contribution in [0.15, 0.2) is 18.2 Å². The number of benzene rings is 1. The van der Waals surface area contributed by atoms with Gasteiger partial charge in [0.15, 0.2) is 11.6 Å². The highest BCUT2D eigenvalue weighted by molar-refractivity contribution is 5.20. The lowest BCUT2D eigenvalue weighted by Gasteiger charge is -2.09. The van der Waals surface area contributed by atoms with Crippen molar-refractivity contribution in [2.75, 3.05) is 0 Å². The number of nitrogens with two attached hydrogens (primary N) is 1. The first-order chi connectivity index (χ1) is 5.65. The molecule has 0 aliphatic heterocycles. The summed E-state index contributed by atoms with van der Waals surface area (Å²) in [6.07, 6.45) is 0. The Morgan fingerprint density at radius 1 is 1.33 bits per heavy atom. The van der Waals surface area contributed by atoms with E-state index in [2.05, 4.69) is 5.43 Å². The molecule has 0 saturated heterocycles. The molecule has 0 unspecified atom stereocenters. The van der Waals surface area contributed by atoms with E-state index in [4.69, 9.17) is 5.84 Å². The van der Waals surface area contributed by atoms with Crippen molar-refractivity contribution in [2.24, 2.45) is 5.84 Å². The summed E-state index contributed by atoms with van der Waals surface area (Å²) in [7, 11) is 0. The summed E-state index contributed by atoms with van der Waals surface area (Å²) in [5.74, 6) is 3.43.